The van der Waals surface area contributed by atoms with Gasteiger partial charge in [0.2, 0.25) is 0 Å². The lowest BCUT2D eigenvalue weighted by Crippen LogP contribution is -2.17. The van der Waals surface area contributed by atoms with Crippen molar-refractivity contribution in [2.45, 2.75) is 32.7 Å². The maximum atomic E-state index is 10.7. The highest BCUT2D eigenvalue weighted by Gasteiger charge is 2.11. The highest BCUT2D eigenvalue weighted by molar-refractivity contribution is 5.48. The molecule has 1 N–H and O–H groups in total. The number of hydrogen-bond acceptors (Lipinski definition) is 5. The van der Waals surface area contributed by atoms with Crippen molar-refractivity contribution >= 4 is 11.5 Å². The molecule has 0 aliphatic heterocycles. The molecule has 2 rings (SSSR count). The Hall–Kier alpha value is -2.37. The van der Waals surface area contributed by atoms with E-state index >= 15 is 0 Å². The number of aromatic nitrogens is 1. The predicted molar refractivity (Wildman–Crippen MR) is 75.7 cm³/mol. The summed E-state index contributed by atoms with van der Waals surface area (Å²) in [5.74, 6) is 1.63. The maximum Gasteiger partial charge on any atom is 0.287 e. The van der Waals surface area contributed by atoms with Crippen LogP contribution in [0.25, 0.3) is 0 Å². The highest BCUT2D eigenvalue weighted by atomic mass is 16.6. The molecule has 2 aromatic rings. The van der Waals surface area contributed by atoms with Crippen LogP contribution in [0, 0.1) is 17.0 Å². The average Bonchev–Trinajstić information content (AvgIpc) is 2.91. The standard InChI is InChI=1S/C14H17N3O3/c1-10-8-12(17(18)19)9-15-14(10)16-11(2)5-6-13-4-3-7-20-13/h3-4,7-9,11H,5-6H2,1-2H3,(H,15,16). The summed E-state index contributed by atoms with van der Waals surface area (Å²) in [6.45, 7) is 3.85. The fraction of sp³-hybridized carbons (Fsp3) is 0.357. The predicted octanol–water partition coefficient (Wildman–Crippen LogP) is 3.32. The van der Waals surface area contributed by atoms with E-state index in [9.17, 15) is 10.1 Å². The molecular formula is C14H17N3O3. The molecule has 2 heterocycles. The number of pyridine rings is 1. The van der Waals surface area contributed by atoms with Gasteiger partial charge >= 0.3 is 0 Å². The largest absolute Gasteiger partial charge is 0.469 e. The Morgan fingerprint density at radius 2 is 2.35 bits per heavy atom. The average molecular weight is 275 g/mol. The third kappa shape index (κ3) is 3.57. The normalized spacial score (nSPS) is 12.1. The Balaban J connectivity index is 1.93. The zero-order chi connectivity index (χ0) is 14.5. The minimum absolute atomic E-state index is 0.0105. The van der Waals surface area contributed by atoms with E-state index in [2.05, 4.69) is 10.3 Å². The fourth-order valence-electron chi connectivity index (χ4n) is 1.93. The first-order valence-electron chi connectivity index (χ1n) is 6.46. The van der Waals surface area contributed by atoms with Crippen LogP contribution >= 0.6 is 0 Å². The van der Waals surface area contributed by atoms with Gasteiger partial charge in [0, 0.05) is 18.5 Å². The monoisotopic (exact) mass is 275 g/mol. The first-order valence-corrected chi connectivity index (χ1v) is 6.46. The molecule has 1 atom stereocenters. The number of nitrogens with zero attached hydrogens (tertiary/aromatic N) is 2. The van der Waals surface area contributed by atoms with Gasteiger partial charge in [0.05, 0.1) is 11.2 Å². The lowest BCUT2D eigenvalue weighted by molar-refractivity contribution is -0.385. The van der Waals surface area contributed by atoms with Gasteiger partial charge in [0.15, 0.2) is 0 Å². The van der Waals surface area contributed by atoms with E-state index in [1.165, 1.54) is 12.3 Å². The number of aryl methyl sites for hydroxylation is 2. The molecule has 106 valence electrons. The van der Waals surface area contributed by atoms with Crippen molar-refractivity contribution in [1.82, 2.24) is 4.98 Å². The Bertz CT molecular complexity index is 581. The van der Waals surface area contributed by atoms with Gasteiger partial charge in [0.25, 0.3) is 5.69 Å². The summed E-state index contributed by atoms with van der Waals surface area (Å²) in [4.78, 5) is 14.3. The van der Waals surface area contributed by atoms with Crippen LogP contribution in [0.4, 0.5) is 11.5 Å². The summed E-state index contributed by atoms with van der Waals surface area (Å²) in [6.07, 6.45) is 4.67. The second-order valence-electron chi connectivity index (χ2n) is 4.78. The molecule has 6 heteroatoms. The van der Waals surface area contributed by atoms with Crippen molar-refractivity contribution in [3.63, 3.8) is 0 Å². The van der Waals surface area contributed by atoms with E-state index in [0.29, 0.717) is 5.82 Å². The van der Waals surface area contributed by atoms with Crippen LogP contribution in [0.1, 0.15) is 24.7 Å². The van der Waals surface area contributed by atoms with Gasteiger partial charge < -0.3 is 9.73 Å². The quantitative estimate of drug-likeness (QED) is 0.646. The molecule has 6 nitrogen and oxygen atoms in total. The van der Waals surface area contributed by atoms with Crippen molar-refractivity contribution in [3.05, 3.63) is 52.1 Å². The van der Waals surface area contributed by atoms with Crippen molar-refractivity contribution in [2.75, 3.05) is 5.32 Å². The van der Waals surface area contributed by atoms with Gasteiger partial charge in [-0.05, 0) is 38.0 Å². The van der Waals surface area contributed by atoms with Gasteiger partial charge in [0.1, 0.15) is 17.8 Å². The number of hydrogen-bond donors (Lipinski definition) is 1. The first-order chi connectivity index (χ1) is 9.56. The lowest BCUT2D eigenvalue weighted by atomic mass is 10.1. The molecule has 0 aliphatic carbocycles. The fourth-order valence-corrected chi connectivity index (χ4v) is 1.93. The Morgan fingerprint density at radius 3 is 2.95 bits per heavy atom. The highest BCUT2D eigenvalue weighted by Crippen LogP contribution is 2.19. The molecule has 0 fully saturated rings. The zero-order valence-electron chi connectivity index (χ0n) is 11.5. The number of anilines is 1. The molecule has 0 aliphatic rings. The number of nitro groups is 1. The Morgan fingerprint density at radius 1 is 1.55 bits per heavy atom. The van der Waals surface area contributed by atoms with E-state index in [4.69, 9.17) is 4.42 Å². The minimum Gasteiger partial charge on any atom is -0.469 e. The lowest BCUT2D eigenvalue weighted by Gasteiger charge is -2.15. The van der Waals surface area contributed by atoms with Gasteiger partial charge in [-0.3, -0.25) is 10.1 Å². The molecule has 0 saturated carbocycles. The van der Waals surface area contributed by atoms with E-state index in [0.717, 1.165) is 24.2 Å². The molecule has 1 unspecified atom stereocenters. The third-order valence-corrected chi connectivity index (χ3v) is 3.06. The second-order valence-corrected chi connectivity index (χ2v) is 4.78. The van der Waals surface area contributed by atoms with Crippen LogP contribution in [0.15, 0.2) is 35.1 Å². The number of nitrogens with one attached hydrogen (secondary N) is 1. The SMILES string of the molecule is Cc1cc([N+](=O)[O-])cnc1NC(C)CCc1ccco1. The summed E-state index contributed by atoms with van der Waals surface area (Å²) in [7, 11) is 0. The first kappa shape index (κ1) is 14.0. The summed E-state index contributed by atoms with van der Waals surface area (Å²) in [5.41, 5.74) is 0.778. The molecule has 0 aromatic carbocycles. The zero-order valence-corrected chi connectivity index (χ0v) is 11.5. The maximum absolute atomic E-state index is 10.7. The topological polar surface area (TPSA) is 81.2 Å². The Labute approximate surface area is 117 Å². The molecule has 20 heavy (non-hydrogen) atoms. The molecule has 0 bridgehead atoms. The molecule has 2 aromatic heterocycles. The van der Waals surface area contributed by atoms with Crippen LogP contribution in [0.3, 0.4) is 0 Å². The van der Waals surface area contributed by atoms with Gasteiger partial charge in [-0.15, -0.1) is 0 Å². The van der Waals surface area contributed by atoms with Crippen LogP contribution in [0.5, 0.6) is 0 Å². The number of rotatable bonds is 6. The molecule has 0 saturated heterocycles. The minimum atomic E-state index is -0.440. The summed E-state index contributed by atoms with van der Waals surface area (Å²) in [6, 6.07) is 5.54. The van der Waals surface area contributed by atoms with Crippen molar-refractivity contribution in [1.29, 1.82) is 0 Å². The number of furan rings is 1. The van der Waals surface area contributed by atoms with Crippen LogP contribution in [0.2, 0.25) is 0 Å². The molecule has 0 radical (unpaired) electrons. The van der Waals surface area contributed by atoms with Crippen LogP contribution < -0.4 is 5.32 Å². The van der Waals surface area contributed by atoms with Crippen molar-refractivity contribution in [3.8, 4) is 0 Å². The van der Waals surface area contributed by atoms with Gasteiger partial charge in [-0.2, -0.15) is 0 Å². The summed E-state index contributed by atoms with van der Waals surface area (Å²) < 4.78 is 5.28. The smallest absolute Gasteiger partial charge is 0.287 e. The van der Waals surface area contributed by atoms with E-state index in [-0.39, 0.29) is 11.7 Å². The molecular weight excluding hydrogens is 258 g/mol. The van der Waals surface area contributed by atoms with Crippen LogP contribution in [-0.4, -0.2) is 15.9 Å². The molecule has 0 spiro atoms. The van der Waals surface area contributed by atoms with E-state index in [1.807, 2.05) is 26.0 Å². The van der Waals surface area contributed by atoms with Crippen molar-refractivity contribution in [2.24, 2.45) is 0 Å². The summed E-state index contributed by atoms with van der Waals surface area (Å²) in [5, 5.41) is 13.9. The second kappa shape index (κ2) is 6.18. The Kier molecular flexibility index (Phi) is 4.34. The van der Waals surface area contributed by atoms with Gasteiger partial charge in [-0.25, -0.2) is 4.98 Å². The van der Waals surface area contributed by atoms with Gasteiger partial charge in [-0.1, -0.05) is 0 Å². The molecule has 0 amide bonds. The van der Waals surface area contributed by atoms with Crippen LogP contribution in [-0.2, 0) is 6.42 Å². The van der Waals surface area contributed by atoms with E-state index < -0.39 is 4.92 Å². The summed E-state index contributed by atoms with van der Waals surface area (Å²) >= 11 is 0. The van der Waals surface area contributed by atoms with E-state index in [1.54, 1.807) is 6.26 Å². The van der Waals surface area contributed by atoms with Crippen molar-refractivity contribution < 1.29 is 9.34 Å². The third-order valence-electron chi connectivity index (χ3n) is 3.06.